The minimum absolute atomic E-state index is 0.215. The van der Waals surface area contributed by atoms with Crippen LogP contribution in [0.25, 0.3) is 0 Å². The largest absolute Gasteiger partial charge is 0.463 e. The number of carbonyl (C=O) groups is 1. The Bertz CT molecular complexity index is 268. The molecule has 0 saturated carbocycles. The van der Waals surface area contributed by atoms with Gasteiger partial charge in [0.25, 0.3) is 0 Å². The molecule has 5 heteroatoms. The molecule has 2 aliphatic heterocycles. The van der Waals surface area contributed by atoms with Gasteiger partial charge in [0.1, 0.15) is 0 Å². The lowest BCUT2D eigenvalue weighted by atomic mass is 10.5. The second-order valence-corrected chi connectivity index (χ2v) is 5.39. The van der Waals surface area contributed by atoms with Crippen LogP contribution in [0.15, 0.2) is 11.1 Å². The van der Waals surface area contributed by atoms with Gasteiger partial charge in [0, 0.05) is 18.1 Å². The fraction of sp³-hybridized carbons (Fsp3) is 0.667. The first-order valence-electron chi connectivity index (χ1n) is 4.70. The minimum Gasteiger partial charge on any atom is -0.463 e. The van der Waals surface area contributed by atoms with Gasteiger partial charge in [-0.25, -0.2) is 4.79 Å². The number of hydrogen-bond donors (Lipinski definition) is 0. The molecule has 0 aliphatic carbocycles. The van der Waals surface area contributed by atoms with E-state index in [0.29, 0.717) is 12.0 Å². The Morgan fingerprint density at radius 3 is 3.43 bits per heavy atom. The van der Waals surface area contributed by atoms with E-state index in [2.05, 4.69) is 4.90 Å². The van der Waals surface area contributed by atoms with E-state index >= 15 is 0 Å². The topological polar surface area (TPSA) is 29.5 Å². The van der Waals surface area contributed by atoms with Gasteiger partial charge in [-0.3, -0.25) is 0 Å². The summed E-state index contributed by atoms with van der Waals surface area (Å²) in [5.74, 6) is 2.05. The molecule has 2 heterocycles. The summed E-state index contributed by atoms with van der Waals surface area (Å²) in [4.78, 5) is 13.5. The highest BCUT2D eigenvalue weighted by molar-refractivity contribution is 8.06. The van der Waals surface area contributed by atoms with Crippen molar-refractivity contribution in [2.24, 2.45) is 0 Å². The van der Waals surface area contributed by atoms with Crippen molar-refractivity contribution in [3.8, 4) is 0 Å². The van der Waals surface area contributed by atoms with Gasteiger partial charge in [0.05, 0.1) is 23.1 Å². The van der Waals surface area contributed by atoms with Gasteiger partial charge < -0.3 is 9.64 Å². The van der Waals surface area contributed by atoms with Crippen molar-refractivity contribution in [1.82, 2.24) is 4.90 Å². The number of esters is 1. The third kappa shape index (κ3) is 2.03. The average Bonchev–Trinajstić information content (AvgIpc) is 2.70. The number of carbonyl (C=O) groups excluding carboxylic acids is 1. The Morgan fingerprint density at radius 1 is 1.79 bits per heavy atom. The molecule has 0 spiro atoms. The predicted octanol–water partition coefficient (Wildman–Crippen LogP) is 1.51. The first-order valence-corrected chi connectivity index (χ1v) is 6.74. The van der Waals surface area contributed by atoms with E-state index in [4.69, 9.17) is 4.74 Å². The maximum Gasteiger partial charge on any atom is 0.333 e. The molecule has 78 valence electrons. The Balaban J connectivity index is 2.00. The smallest absolute Gasteiger partial charge is 0.333 e. The lowest BCUT2D eigenvalue weighted by molar-refractivity contribution is -0.137. The molecule has 2 rings (SSSR count). The lowest BCUT2D eigenvalue weighted by Gasteiger charge is -2.16. The van der Waals surface area contributed by atoms with Crippen molar-refractivity contribution in [1.29, 1.82) is 0 Å². The van der Waals surface area contributed by atoms with E-state index in [1.54, 1.807) is 17.8 Å². The molecule has 2 saturated heterocycles. The lowest BCUT2D eigenvalue weighted by Crippen LogP contribution is -2.21. The van der Waals surface area contributed by atoms with Crippen LogP contribution in [0, 0.1) is 0 Å². The molecule has 1 unspecified atom stereocenters. The van der Waals surface area contributed by atoms with E-state index in [1.807, 2.05) is 18.7 Å². The molecule has 0 radical (unpaired) electrons. The van der Waals surface area contributed by atoms with Crippen molar-refractivity contribution in [2.45, 2.75) is 12.3 Å². The van der Waals surface area contributed by atoms with Gasteiger partial charge in [0.15, 0.2) is 0 Å². The normalized spacial score (nSPS) is 28.2. The summed E-state index contributed by atoms with van der Waals surface area (Å²) in [5, 5.41) is 1.67. The molecular formula is C9H13NO2S2. The number of hydrogen-bond acceptors (Lipinski definition) is 5. The number of ether oxygens (including phenoxy) is 1. The van der Waals surface area contributed by atoms with E-state index < -0.39 is 0 Å². The van der Waals surface area contributed by atoms with Crippen LogP contribution < -0.4 is 0 Å². The van der Waals surface area contributed by atoms with Gasteiger partial charge in [-0.05, 0) is 6.92 Å². The van der Waals surface area contributed by atoms with Gasteiger partial charge in [-0.1, -0.05) is 0 Å². The van der Waals surface area contributed by atoms with E-state index in [-0.39, 0.29) is 5.97 Å². The zero-order valence-corrected chi connectivity index (χ0v) is 9.70. The highest BCUT2D eigenvalue weighted by atomic mass is 32.2. The van der Waals surface area contributed by atoms with Gasteiger partial charge >= 0.3 is 5.97 Å². The van der Waals surface area contributed by atoms with Crippen LogP contribution in [0.1, 0.15) is 6.92 Å². The first-order chi connectivity index (χ1) is 6.81. The molecule has 14 heavy (non-hydrogen) atoms. The number of rotatable bonds is 2. The average molecular weight is 231 g/mol. The Morgan fingerprint density at radius 2 is 2.64 bits per heavy atom. The van der Waals surface area contributed by atoms with Gasteiger partial charge in [-0.15, -0.1) is 23.5 Å². The van der Waals surface area contributed by atoms with Crippen LogP contribution in [0.2, 0.25) is 0 Å². The van der Waals surface area contributed by atoms with Crippen LogP contribution in [-0.4, -0.2) is 40.9 Å². The summed E-state index contributed by atoms with van der Waals surface area (Å²) in [6.07, 6.45) is 1.63. The fourth-order valence-corrected chi connectivity index (χ4v) is 4.25. The molecular weight excluding hydrogens is 218 g/mol. The maximum atomic E-state index is 11.2. The molecule has 2 fully saturated rings. The van der Waals surface area contributed by atoms with Gasteiger partial charge in [-0.2, -0.15) is 0 Å². The highest BCUT2D eigenvalue weighted by Crippen LogP contribution is 2.41. The van der Waals surface area contributed by atoms with Crippen molar-refractivity contribution < 1.29 is 9.53 Å². The SMILES string of the molecule is CCOC(=O)/C=C1\SCC2SCCN12. The molecule has 1 atom stereocenters. The summed E-state index contributed by atoms with van der Waals surface area (Å²) in [6, 6.07) is 0. The molecule has 0 aromatic heterocycles. The van der Waals surface area contributed by atoms with Crippen LogP contribution in [0.3, 0.4) is 0 Å². The van der Waals surface area contributed by atoms with Crippen molar-refractivity contribution in [2.75, 3.05) is 24.7 Å². The predicted molar refractivity (Wildman–Crippen MR) is 60.1 cm³/mol. The third-order valence-electron chi connectivity index (χ3n) is 2.17. The summed E-state index contributed by atoms with van der Waals surface area (Å²) < 4.78 is 4.89. The van der Waals surface area contributed by atoms with E-state index in [0.717, 1.165) is 17.3 Å². The third-order valence-corrected chi connectivity index (χ3v) is 4.74. The number of nitrogens with zero attached hydrogens (tertiary/aromatic N) is 1. The number of fused-ring (bicyclic) bond motifs is 1. The van der Waals surface area contributed by atoms with E-state index in [1.165, 1.54) is 5.75 Å². The van der Waals surface area contributed by atoms with Gasteiger partial charge in [0.2, 0.25) is 0 Å². The molecule has 2 aliphatic rings. The summed E-state index contributed by atoms with van der Waals surface area (Å²) >= 11 is 3.72. The molecule has 0 N–H and O–H groups in total. The van der Waals surface area contributed by atoms with Crippen molar-refractivity contribution in [3.05, 3.63) is 11.1 Å². The zero-order valence-electron chi connectivity index (χ0n) is 8.06. The molecule has 0 amide bonds. The van der Waals surface area contributed by atoms with Crippen LogP contribution in [0.4, 0.5) is 0 Å². The first kappa shape index (κ1) is 10.2. The van der Waals surface area contributed by atoms with E-state index in [9.17, 15) is 4.79 Å². The van der Waals surface area contributed by atoms with Crippen LogP contribution in [0.5, 0.6) is 0 Å². The Labute approximate surface area is 92.2 Å². The molecule has 0 aromatic rings. The Kier molecular flexibility index (Phi) is 3.28. The summed E-state index contributed by atoms with van der Waals surface area (Å²) in [6.45, 7) is 3.34. The fourth-order valence-electron chi connectivity index (χ4n) is 1.56. The van der Waals surface area contributed by atoms with Crippen LogP contribution >= 0.6 is 23.5 Å². The molecule has 0 bridgehead atoms. The quantitative estimate of drug-likeness (QED) is 0.531. The van der Waals surface area contributed by atoms with Crippen LogP contribution in [-0.2, 0) is 9.53 Å². The monoisotopic (exact) mass is 231 g/mol. The minimum atomic E-state index is -0.215. The zero-order chi connectivity index (χ0) is 9.97. The summed E-state index contributed by atoms with van der Waals surface area (Å²) in [7, 11) is 0. The second-order valence-electron chi connectivity index (χ2n) is 3.06. The standard InChI is InChI=1S/C9H13NO2S2/c1-2-12-9(11)5-7-10-3-4-13-8(10)6-14-7/h5,8H,2-4,6H2,1H3/b7-5-. The second kappa shape index (κ2) is 4.49. The Hall–Kier alpha value is -0.290. The molecule has 0 aromatic carbocycles. The summed E-state index contributed by atoms with van der Waals surface area (Å²) in [5.41, 5.74) is 0. The highest BCUT2D eigenvalue weighted by Gasteiger charge is 2.33. The number of thioether (sulfide) groups is 2. The van der Waals surface area contributed by atoms with Crippen molar-refractivity contribution in [3.63, 3.8) is 0 Å². The van der Waals surface area contributed by atoms with Crippen molar-refractivity contribution >= 4 is 29.5 Å². The molecule has 3 nitrogen and oxygen atoms in total. The maximum absolute atomic E-state index is 11.2.